The number of hydrogen-bond donors (Lipinski definition) is 1. The molecule has 3 rings (SSSR count). The van der Waals surface area contributed by atoms with Crippen molar-refractivity contribution in [3.8, 4) is 0 Å². The molecule has 1 fully saturated rings. The number of alkyl halides is 3. The highest BCUT2D eigenvalue weighted by atomic mass is 35.5. The molecule has 1 heterocycles. The van der Waals surface area contributed by atoms with Crippen LogP contribution >= 0.6 is 11.6 Å². The topological polar surface area (TPSA) is 24.9 Å². The minimum Gasteiger partial charge on any atom is -0.382 e. The number of anilines is 1. The number of fused-ring (bicyclic) bond motifs is 1. The Labute approximate surface area is 131 Å². The van der Waals surface area contributed by atoms with Gasteiger partial charge in [-0.1, -0.05) is 30.9 Å². The molecule has 0 amide bonds. The van der Waals surface area contributed by atoms with Crippen LogP contribution in [0.3, 0.4) is 0 Å². The molecular weight excluding hydrogens is 313 g/mol. The van der Waals surface area contributed by atoms with Gasteiger partial charge in [-0.3, -0.25) is 0 Å². The third-order valence-electron chi connectivity index (χ3n) is 4.03. The maximum absolute atomic E-state index is 13.0. The molecule has 2 nitrogen and oxygen atoms in total. The van der Waals surface area contributed by atoms with E-state index in [4.69, 9.17) is 11.6 Å². The van der Waals surface area contributed by atoms with Gasteiger partial charge in [-0.05, 0) is 37.1 Å². The third-order valence-corrected chi connectivity index (χ3v) is 4.26. The van der Waals surface area contributed by atoms with Gasteiger partial charge in [-0.2, -0.15) is 13.2 Å². The van der Waals surface area contributed by atoms with E-state index >= 15 is 0 Å². The molecular formula is C16H16ClF3N2. The number of pyridine rings is 1. The summed E-state index contributed by atoms with van der Waals surface area (Å²) in [4.78, 5) is 3.72. The molecule has 1 aliphatic carbocycles. The van der Waals surface area contributed by atoms with Crippen molar-refractivity contribution in [2.45, 2.75) is 44.3 Å². The van der Waals surface area contributed by atoms with E-state index in [9.17, 15) is 13.2 Å². The van der Waals surface area contributed by atoms with Crippen molar-refractivity contribution in [1.82, 2.24) is 4.98 Å². The Hall–Kier alpha value is -1.49. The summed E-state index contributed by atoms with van der Waals surface area (Å²) in [5, 5.41) is 4.38. The molecule has 1 aromatic carbocycles. The van der Waals surface area contributed by atoms with Crippen molar-refractivity contribution >= 4 is 28.2 Å². The first kappa shape index (κ1) is 15.4. The van der Waals surface area contributed by atoms with Crippen LogP contribution in [0.25, 0.3) is 10.9 Å². The lowest BCUT2D eigenvalue weighted by Crippen LogP contribution is -2.23. The van der Waals surface area contributed by atoms with E-state index < -0.39 is 11.9 Å². The largest absolute Gasteiger partial charge is 0.433 e. The fourth-order valence-electron chi connectivity index (χ4n) is 2.93. The summed E-state index contributed by atoms with van der Waals surface area (Å²) in [6, 6.07) is 6.04. The molecule has 1 saturated carbocycles. The first-order chi connectivity index (χ1) is 10.4. The third kappa shape index (κ3) is 3.29. The highest BCUT2D eigenvalue weighted by Crippen LogP contribution is 2.35. The fraction of sp³-hybridized carbons (Fsp3) is 0.438. The smallest absolute Gasteiger partial charge is 0.382 e. The minimum atomic E-state index is -4.46. The lowest BCUT2D eigenvalue weighted by molar-refractivity contribution is -0.140. The van der Waals surface area contributed by atoms with Crippen molar-refractivity contribution in [1.29, 1.82) is 0 Å². The van der Waals surface area contributed by atoms with Gasteiger partial charge in [0, 0.05) is 22.1 Å². The molecule has 2 aromatic rings. The van der Waals surface area contributed by atoms with Crippen LogP contribution in [-0.2, 0) is 6.18 Å². The van der Waals surface area contributed by atoms with Crippen molar-refractivity contribution in [2.24, 2.45) is 0 Å². The van der Waals surface area contributed by atoms with E-state index in [1.54, 1.807) is 12.1 Å². The summed E-state index contributed by atoms with van der Waals surface area (Å²) in [6.07, 6.45) is 0.893. The number of hydrogen-bond acceptors (Lipinski definition) is 2. The van der Waals surface area contributed by atoms with Crippen LogP contribution < -0.4 is 5.32 Å². The monoisotopic (exact) mass is 328 g/mol. The van der Waals surface area contributed by atoms with E-state index in [2.05, 4.69) is 10.3 Å². The van der Waals surface area contributed by atoms with Gasteiger partial charge in [0.25, 0.3) is 0 Å². The lowest BCUT2D eigenvalue weighted by Gasteiger charge is -2.25. The van der Waals surface area contributed by atoms with Gasteiger partial charge in [0.15, 0.2) is 0 Å². The van der Waals surface area contributed by atoms with Crippen molar-refractivity contribution in [3.63, 3.8) is 0 Å². The number of rotatable bonds is 2. The van der Waals surface area contributed by atoms with Crippen LogP contribution in [0.5, 0.6) is 0 Å². The van der Waals surface area contributed by atoms with Gasteiger partial charge in [-0.25, -0.2) is 4.98 Å². The number of nitrogens with zero attached hydrogens (tertiary/aromatic N) is 1. The first-order valence-corrected chi connectivity index (χ1v) is 7.75. The highest BCUT2D eigenvalue weighted by Gasteiger charge is 2.33. The number of aromatic nitrogens is 1. The minimum absolute atomic E-state index is 0.208. The summed E-state index contributed by atoms with van der Waals surface area (Å²) in [6.45, 7) is 0. The highest BCUT2D eigenvalue weighted by molar-refractivity contribution is 6.31. The second-order valence-corrected chi connectivity index (χ2v) is 6.13. The Bertz CT molecular complexity index is 679. The van der Waals surface area contributed by atoms with E-state index in [0.29, 0.717) is 21.6 Å². The molecule has 1 aromatic heterocycles. The molecule has 0 aliphatic heterocycles. The molecule has 1 aliphatic rings. The molecule has 0 unspecified atom stereocenters. The zero-order valence-electron chi connectivity index (χ0n) is 11.9. The second-order valence-electron chi connectivity index (χ2n) is 5.69. The maximum Gasteiger partial charge on any atom is 0.433 e. The molecule has 0 saturated heterocycles. The van der Waals surface area contributed by atoms with Gasteiger partial charge in [0.1, 0.15) is 5.69 Å². The molecule has 0 bridgehead atoms. The zero-order chi connectivity index (χ0) is 15.7. The van der Waals surface area contributed by atoms with Crippen LogP contribution in [0.2, 0.25) is 5.02 Å². The number of halogens is 4. The van der Waals surface area contributed by atoms with Gasteiger partial charge in [0.05, 0.1) is 5.52 Å². The van der Waals surface area contributed by atoms with Gasteiger partial charge in [0.2, 0.25) is 0 Å². The SMILES string of the molecule is FC(F)(F)c1cc(NC2CCCCC2)c2cc(Cl)ccc2n1. The molecule has 0 radical (unpaired) electrons. The predicted molar refractivity (Wildman–Crippen MR) is 82.3 cm³/mol. The van der Waals surface area contributed by atoms with E-state index in [1.807, 2.05) is 0 Å². The van der Waals surface area contributed by atoms with Crippen molar-refractivity contribution in [3.05, 3.63) is 35.0 Å². The van der Waals surface area contributed by atoms with Gasteiger partial charge < -0.3 is 5.32 Å². The summed E-state index contributed by atoms with van der Waals surface area (Å²) >= 11 is 5.99. The quantitative estimate of drug-likeness (QED) is 0.770. The van der Waals surface area contributed by atoms with Crippen LogP contribution in [0, 0.1) is 0 Å². The summed E-state index contributed by atoms with van der Waals surface area (Å²) in [5.41, 5.74) is -0.107. The average Bonchev–Trinajstić information content (AvgIpc) is 2.47. The number of nitrogens with one attached hydrogen (secondary N) is 1. The Morgan fingerprint density at radius 2 is 1.82 bits per heavy atom. The van der Waals surface area contributed by atoms with Gasteiger partial charge in [-0.15, -0.1) is 0 Å². The van der Waals surface area contributed by atoms with Crippen LogP contribution in [0.4, 0.5) is 18.9 Å². The van der Waals surface area contributed by atoms with Crippen LogP contribution in [0.1, 0.15) is 37.8 Å². The zero-order valence-corrected chi connectivity index (χ0v) is 12.6. The molecule has 6 heteroatoms. The Morgan fingerprint density at radius 3 is 2.50 bits per heavy atom. The van der Waals surface area contributed by atoms with Crippen LogP contribution in [-0.4, -0.2) is 11.0 Å². The Balaban J connectivity index is 2.05. The fourth-order valence-corrected chi connectivity index (χ4v) is 3.10. The molecule has 0 atom stereocenters. The van der Waals surface area contributed by atoms with Crippen molar-refractivity contribution < 1.29 is 13.2 Å². The van der Waals surface area contributed by atoms with E-state index in [0.717, 1.165) is 31.7 Å². The second kappa shape index (κ2) is 5.95. The summed E-state index contributed by atoms with van der Waals surface area (Å²) in [7, 11) is 0. The van der Waals surface area contributed by atoms with Crippen LogP contribution in [0.15, 0.2) is 24.3 Å². The Morgan fingerprint density at radius 1 is 1.09 bits per heavy atom. The van der Waals surface area contributed by atoms with E-state index in [1.165, 1.54) is 12.5 Å². The lowest BCUT2D eigenvalue weighted by atomic mass is 9.95. The maximum atomic E-state index is 13.0. The first-order valence-electron chi connectivity index (χ1n) is 7.37. The summed E-state index contributed by atoms with van der Waals surface area (Å²) in [5.74, 6) is 0. The van der Waals surface area contributed by atoms with E-state index in [-0.39, 0.29) is 6.04 Å². The molecule has 0 spiro atoms. The standard InChI is InChI=1S/C16H16ClF3N2/c17-10-6-7-13-12(8-10)14(9-15(22-13)16(18,19)20)21-11-4-2-1-3-5-11/h6-9,11H,1-5H2,(H,21,22). The predicted octanol–water partition coefficient (Wildman–Crippen LogP) is 5.65. The molecule has 1 N–H and O–H groups in total. The normalized spacial score (nSPS) is 16.9. The molecule has 118 valence electrons. The van der Waals surface area contributed by atoms with Gasteiger partial charge >= 0.3 is 6.18 Å². The van der Waals surface area contributed by atoms with Crippen molar-refractivity contribution in [2.75, 3.05) is 5.32 Å². The Kier molecular flexibility index (Phi) is 4.17. The summed E-state index contributed by atoms with van der Waals surface area (Å²) < 4.78 is 39.1. The number of benzene rings is 1. The average molecular weight is 329 g/mol. The molecule has 22 heavy (non-hydrogen) atoms.